The Kier molecular flexibility index (Phi) is 2.93. The lowest BCUT2D eigenvalue weighted by molar-refractivity contribution is 1.28. The first-order valence-electron chi connectivity index (χ1n) is 4.34. The zero-order chi connectivity index (χ0) is 10.8. The Morgan fingerprint density at radius 1 is 1.20 bits per heavy atom. The molecule has 0 aliphatic carbocycles. The van der Waals surface area contributed by atoms with Gasteiger partial charge in [-0.05, 0) is 28.1 Å². The molecule has 0 atom stereocenters. The van der Waals surface area contributed by atoms with E-state index in [4.69, 9.17) is 17.3 Å². The minimum atomic E-state index is 0.617. The largest absolute Gasteiger partial charge is 0.397 e. The van der Waals surface area contributed by atoms with E-state index >= 15 is 0 Å². The summed E-state index contributed by atoms with van der Waals surface area (Å²) in [6.45, 7) is 0. The van der Waals surface area contributed by atoms with Crippen LogP contribution < -0.4 is 5.73 Å². The first kappa shape index (κ1) is 10.5. The molecule has 0 saturated carbocycles. The van der Waals surface area contributed by atoms with Gasteiger partial charge < -0.3 is 5.73 Å². The molecule has 15 heavy (non-hydrogen) atoms. The van der Waals surface area contributed by atoms with Crippen LogP contribution in [0.25, 0.3) is 11.1 Å². The van der Waals surface area contributed by atoms with Crippen LogP contribution in [0, 0.1) is 0 Å². The normalized spacial score (nSPS) is 10.3. The molecule has 1 heterocycles. The van der Waals surface area contributed by atoms with E-state index in [9.17, 15) is 0 Å². The van der Waals surface area contributed by atoms with Crippen molar-refractivity contribution in [2.24, 2.45) is 0 Å². The first-order chi connectivity index (χ1) is 7.18. The number of halogens is 2. The highest BCUT2D eigenvalue weighted by atomic mass is 79.9. The summed E-state index contributed by atoms with van der Waals surface area (Å²) in [5, 5.41) is 0.683. The standard InChI is InChI=1S/C11H8BrClN2/c12-11-5-8(10(14)6-15-11)7-3-1-2-4-9(7)13/h1-6H,14H2. The molecule has 0 amide bonds. The van der Waals surface area contributed by atoms with Crippen molar-refractivity contribution < 1.29 is 0 Å². The summed E-state index contributed by atoms with van der Waals surface area (Å²) in [5.41, 5.74) is 8.27. The highest BCUT2D eigenvalue weighted by Gasteiger charge is 2.07. The molecule has 1 aromatic carbocycles. The van der Waals surface area contributed by atoms with Gasteiger partial charge in [0.15, 0.2) is 0 Å². The number of hydrogen-bond acceptors (Lipinski definition) is 2. The molecule has 0 aliphatic heterocycles. The number of hydrogen-bond donors (Lipinski definition) is 1. The molecule has 2 N–H and O–H groups in total. The average molecular weight is 284 g/mol. The number of pyridine rings is 1. The zero-order valence-corrected chi connectivity index (χ0v) is 10.1. The van der Waals surface area contributed by atoms with Crippen molar-refractivity contribution in [3.05, 3.63) is 46.2 Å². The molecule has 0 spiro atoms. The van der Waals surface area contributed by atoms with Crippen molar-refractivity contribution in [1.29, 1.82) is 0 Å². The lowest BCUT2D eigenvalue weighted by Crippen LogP contribution is -1.92. The number of aromatic nitrogens is 1. The minimum absolute atomic E-state index is 0.617. The summed E-state index contributed by atoms with van der Waals surface area (Å²) in [5.74, 6) is 0. The van der Waals surface area contributed by atoms with Crippen LogP contribution in [0.15, 0.2) is 41.1 Å². The molecule has 2 rings (SSSR count). The van der Waals surface area contributed by atoms with E-state index in [-0.39, 0.29) is 0 Å². The van der Waals surface area contributed by atoms with Gasteiger partial charge in [-0.3, -0.25) is 0 Å². The van der Waals surface area contributed by atoms with Crippen molar-refractivity contribution in [2.75, 3.05) is 5.73 Å². The molecule has 76 valence electrons. The Morgan fingerprint density at radius 2 is 1.93 bits per heavy atom. The zero-order valence-electron chi connectivity index (χ0n) is 7.74. The van der Waals surface area contributed by atoms with Crippen LogP contribution in [-0.2, 0) is 0 Å². The van der Waals surface area contributed by atoms with E-state index in [1.165, 1.54) is 0 Å². The molecule has 0 fully saturated rings. The van der Waals surface area contributed by atoms with Gasteiger partial charge in [0, 0.05) is 16.1 Å². The number of rotatable bonds is 1. The van der Waals surface area contributed by atoms with Crippen molar-refractivity contribution in [2.45, 2.75) is 0 Å². The fourth-order valence-corrected chi connectivity index (χ4v) is 1.92. The summed E-state index contributed by atoms with van der Waals surface area (Å²) in [4.78, 5) is 4.04. The van der Waals surface area contributed by atoms with Crippen LogP contribution >= 0.6 is 27.5 Å². The molecule has 0 saturated heterocycles. The number of benzene rings is 1. The van der Waals surface area contributed by atoms with Gasteiger partial charge in [0.05, 0.1) is 11.9 Å². The lowest BCUT2D eigenvalue weighted by atomic mass is 10.1. The van der Waals surface area contributed by atoms with Gasteiger partial charge in [0.1, 0.15) is 4.60 Å². The lowest BCUT2D eigenvalue weighted by Gasteiger charge is -2.07. The Bertz CT molecular complexity index is 500. The van der Waals surface area contributed by atoms with Crippen molar-refractivity contribution in [3.8, 4) is 11.1 Å². The van der Waals surface area contributed by atoms with E-state index in [2.05, 4.69) is 20.9 Å². The van der Waals surface area contributed by atoms with Crippen molar-refractivity contribution >= 4 is 33.2 Å². The fourth-order valence-electron chi connectivity index (χ4n) is 1.35. The van der Waals surface area contributed by atoms with Crippen LogP contribution in [0.5, 0.6) is 0 Å². The quantitative estimate of drug-likeness (QED) is 0.810. The maximum atomic E-state index is 6.09. The molecular formula is C11H8BrClN2. The van der Waals surface area contributed by atoms with E-state index in [0.29, 0.717) is 10.7 Å². The second kappa shape index (κ2) is 4.21. The molecule has 2 aromatic rings. The SMILES string of the molecule is Nc1cnc(Br)cc1-c1ccccc1Cl. The summed E-state index contributed by atoms with van der Waals surface area (Å²) in [6.07, 6.45) is 1.61. The molecule has 0 aliphatic rings. The molecule has 4 heteroatoms. The summed E-state index contributed by atoms with van der Waals surface area (Å²) in [6, 6.07) is 9.44. The van der Waals surface area contributed by atoms with E-state index in [0.717, 1.165) is 15.7 Å². The predicted octanol–water partition coefficient (Wildman–Crippen LogP) is 3.75. The van der Waals surface area contributed by atoms with E-state index < -0.39 is 0 Å². The van der Waals surface area contributed by atoms with Crippen LogP contribution in [0.2, 0.25) is 5.02 Å². The Labute approximate surface area is 101 Å². The van der Waals surface area contributed by atoms with Crippen LogP contribution in [0.1, 0.15) is 0 Å². The fraction of sp³-hybridized carbons (Fsp3) is 0. The van der Waals surface area contributed by atoms with Crippen molar-refractivity contribution in [3.63, 3.8) is 0 Å². The Morgan fingerprint density at radius 3 is 2.67 bits per heavy atom. The predicted molar refractivity (Wildman–Crippen MR) is 66.8 cm³/mol. The smallest absolute Gasteiger partial charge is 0.106 e. The number of nitrogens with two attached hydrogens (primary N) is 1. The van der Waals surface area contributed by atoms with Gasteiger partial charge in [-0.15, -0.1) is 0 Å². The summed E-state index contributed by atoms with van der Waals surface area (Å²) < 4.78 is 0.742. The van der Waals surface area contributed by atoms with Crippen LogP contribution in [-0.4, -0.2) is 4.98 Å². The molecule has 0 bridgehead atoms. The molecule has 0 unspecified atom stereocenters. The van der Waals surface area contributed by atoms with Gasteiger partial charge in [0.25, 0.3) is 0 Å². The number of nitrogen functional groups attached to an aromatic ring is 1. The van der Waals surface area contributed by atoms with Gasteiger partial charge >= 0.3 is 0 Å². The monoisotopic (exact) mass is 282 g/mol. The Hall–Kier alpha value is -1.06. The first-order valence-corrected chi connectivity index (χ1v) is 5.51. The molecular weight excluding hydrogens is 275 g/mol. The van der Waals surface area contributed by atoms with E-state index in [1.54, 1.807) is 6.20 Å². The summed E-state index contributed by atoms with van der Waals surface area (Å²) in [7, 11) is 0. The molecule has 1 aromatic heterocycles. The van der Waals surface area contributed by atoms with Gasteiger partial charge in [-0.2, -0.15) is 0 Å². The van der Waals surface area contributed by atoms with Crippen molar-refractivity contribution in [1.82, 2.24) is 4.98 Å². The van der Waals surface area contributed by atoms with Crippen LogP contribution in [0.3, 0.4) is 0 Å². The van der Waals surface area contributed by atoms with Gasteiger partial charge in [-0.1, -0.05) is 29.8 Å². The molecule has 0 radical (unpaired) electrons. The minimum Gasteiger partial charge on any atom is -0.397 e. The number of nitrogens with zero attached hydrogens (tertiary/aromatic N) is 1. The average Bonchev–Trinajstić information content (AvgIpc) is 2.23. The Balaban J connectivity index is 2.64. The highest BCUT2D eigenvalue weighted by Crippen LogP contribution is 2.32. The van der Waals surface area contributed by atoms with Crippen LogP contribution in [0.4, 0.5) is 5.69 Å². The number of anilines is 1. The van der Waals surface area contributed by atoms with Gasteiger partial charge in [0.2, 0.25) is 0 Å². The second-order valence-corrected chi connectivity index (χ2v) is 4.29. The third-order valence-electron chi connectivity index (χ3n) is 2.07. The van der Waals surface area contributed by atoms with E-state index in [1.807, 2.05) is 30.3 Å². The topological polar surface area (TPSA) is 38.9 Å². The third-order valence-corrected chi connectivity index (χ3v) is 2.83. The maximum absolute atomic E-state index is 6.09. The summed E-state index contributed by atoms with van der Waals surface area (Å²) >= 11 is 9.40. The highest BCUT2D eigenvalue weighted by molar-refractivity contribution is 9.10. The third kappa shape index (κ3) is 2.13. The maximum Gasteiger partial charge on any atom is 0.106 e. The van der Waals surface area contributed by atoms with Gasteiger partial charge in [-0.25, -0.2) is 4.98 Å². The second-order valence-electron chi connectivity index (χ2n) is 3.07. The molecule has 2 nitrogen and oxygen atoms in total.